The summed E-state index contributed by atoms with van der Waals surface area (Å²) in [5, 5.41) is 10.8. The normalized spacial score (nSPS) is 13.6. The van der Waals surface area contributed by atoms with Gasteiger partial charge in [-0.2, -0.15) is 4.98 Å². The summed E-state index contributed by atoms with van der Waals surface area (Å²) in [5.74, 6) is 3.26. The molecule has 0 radical (unpaired) electrons. The number of hydrogen-bond acceptors (Lipinski definition) is 7. The SMILES string of the molecule is CI.Cc1nc(Nc2nc(-c3ccccc3Cl)nc(N3CCOCC3)c2C)n[nH]1. The van der Waals surface area contributed by atoms with Crippen molar-refractivity contribution in [1.82, 2.24) is 25.1 Å². The van der Waals surface area contributed by atoms with E-state index in [1.807, 2.05) is 43.0 Å². The highest BCUT2D eigenvalue weighted by atomic mass is 127. The second-order valence-corrected chi connectivity index (χ2v) is 6.70. The molecule has 2 aromatic heterocycles. The number of ether oxygens (including phenoxy) is 1. The molecule has 0 aliphatic carbocycles. The molecule has 0 spiro atoms. The zero-order valence-electron chi connectivity index (χ0n) is 16.5. The first-order valence-electron chi connectivity index (χ1n) is 9.12. The lowest BCUT2D eigenvalue weighted by Crippen LogP contribution is -2.37. The van der Waals surface area contributed by atoms with Crippen molar-refractivity contribution in [2.75, 3.05) is 41.5 Å². The molecule has 1 aliphatic heterocycles. The van der Waals surface area contributed by atoms with E-state index in [1.165, 1.54) is 0 Å². The van der Waals surface area contributed by atoms with Crippen LogP contribution in [0, 0.1) is 13.8 Å². The first-order chi connectivity index (χ1) is 14.1. The Hall–Kier alpha value is -1.98. The first-order valence-corrected chi connectivity index (χ1v) is 11.7. The summed E-state index contributed by atoms with van der Waals surface area (Å²) < 4.78 is 5.48. The second-order valence-electron chi connectivity index (χ2n) is 6.29. The smallest absolute Gasteiger partial charge is 0.247 e. The van der Waals surface area contributed by atoms with Crippen LogP contribution in [0.5, 0.6) is 0 Å². The topological polar surface area (TPSA) is 91.8 Å². The molecule has 1 fully saturated rings. The van der Waals surface area contributed by atoms with Crippen LogP contribution in [-0.2, 0) is 4.74 Å². The number of morpholine rings is 1. The third-order valence-electron chi connectivity index (χ3n) is 4.37. The quantitative estimate of drug-likeness (QED) is 0.389. The molecule has 154 valence electrons. The van der Waals surface area contributed by atoms with Gasteiger partial charge in [0.05, 0.1) is 18.2 Å². The third-order valence-corrected chi connectivity index (χ3v) is 4.70. The minimum absolute atomic E-state index is 0.465. The Bertz CT molecular complexity index is 959. The molecule has 0 saturated carbocycles. The van der Waals surface area contributed by atoms with Crippen LogP contribution in [0.4, 0.5) is 17.6 Å². The fraction of sp³-hybridized carbons (Fsp3) is 0.368. The van der Waals surface area contributed by atoms with Crippen molar-refractivity contribution in [3.63, 3.8) is 0 Å². The van der Waals surface area contributed by atoms with Crippen molar-refractivity contribution >= 4 is 51.8 Å². The second kappa shape index (κ2) is 10.2. The van der Waals surface area contributed by atoms with Gasteiger partial charge >= 0.3 is 0 Å². The van der Waals surface area contributed by atoms with E-state index in [0.717, 1.165) is 35.9 Å². The number of benzene rings is 1. The summed E-state index contributed by atoms with van der Waals surface area (Å²) in [4.78, 5) is 18.0. The number of aromatic amines is 1. The zero-order valence-corrected chi connectivity index (χ0v) is 19.5. The molecule has 3 heterocycles. The zero-order chi connectivity index (χ0) is 20.8. The number of halogens is 2. The molecular weight excluding hydrogens is 505 g/mol. The van der Waals surface area contributed by atoms with Gasteiger partial charge in [0.1, 0.15) is 17.5 Å². The molecule has 3 aromatic rings. The van der Waals surface area contributed by atoms with Crippen LogP contribution in [0.15, 0.2) is 24.3 Å². The summed E-state index contributed by atoms with van der Waals surface area (Å²) in [6, 6.07) is 7.56. The lowest BCUT2D eigenvalue weighted by atomic mass is 10.2. The molecule has 4 rings (SSSR count). The standard InChI is InChI=1S/C18H20ClN7O.CH3I/c1-11-15(23-18-20-12(2)24-25-18)21-16(13-5-3-4-6-14(13)19)22-17(11)26-7-9-27-10-8-26;1-2/h3-6H,7-10H2,1-2H3,(H2,20,21,22,23,24,25);1H3. The minimum Gasteiger partial charge on any atom is -0.378 e. The lowest BCUT2D eigenvalue weighted by molar-refractivity contribution is 0.122. The van der Waals surface area contributed by atoms with Gasteiger partial charge in [0.15, 0.2) is 5.82 Å². The molecule has 8 nitrogen and oxygen atoms in total. The monoisotopic (exact) mass is 527 g/mol. The summed E-state index contributed by atoms with van der Waals surface area (Å²) in [5.41, 5.74) is 1.71. The number of rotatable bonds is 4. The van der Waals surface area contributed by atoms with Crippen LogP contribution in [0.25, 0.3) is 11.4 Å². The molecule has 0 atom stereocenters. The summed E-state index contributed by atoms with van der Waals surface area (Å²) in [6.45, 7) is 6.74. The van der Waals surface area contributed by atoms with Crippen molar-refractivity contribution in [2.45, 2.75) is 13.8 Å². The highest BCUT2D eigenvalue weighted by Crippen LogP contribution is 2.32. The van der Waals surface area contributed by atoms with E-state index < -0.39 is 0 Å². The van der Waals surface area contributed by atoms with Gasteiger partial charge < -0.3 is 15.0 Å². The summed E-state index contributed by atoms with van der Waals surface area (Å²) >= 11 is 8.54. The van der Waals surface area contributed by atoms with Crippen LogP contribution < -0.4 is 10.2 Å². The number of nitrogens with one attached hydrogen (secondary N) is 2. The summed E-state index contributed by atoms with van der Waals surface area (Å²) in [7, 11) is 0. The van der Waals surface area contributed by atoms with E-state index in [0.29, 0.717) is 35.8 Å². The molecule has 29 heavy (non-hydrogen) atoms. The summed E-state index contributed by atoms with van der Waals surface area (Å²) in [6.07, 6.45) is 0. The van der Waals surface area contributed by atoms with E-state index in [1.54, 1.807) is 0 Å². The van der Waals surface area contributed by atoms with E-state index in [-0.39, 0.29) is 0 Å². The van der Waals surface area contributed by atoms with Gasteiger partial charge in [-0.3, -0.25) is 5.10 Å². The highest BCUT2D eigenvalue weighted by Gasteiger charge is 2.21. The lowest BCUT2D eigenvalue weighted by Gasteiger charge is -2.29. The maximum atomic E-state index is 6.39. The fourth-order valence-corrected chi connectivity index (χ4v) is 3.20. The average Bonchev–Trinajstić information content (AvgIpc) is 3.17. The van der Waals surface area contributed by atoms with E-state index in [2.05, 4.69) is 48.0 Å². The van der Waals surface area contributed by atoms with Crippen molar-refractivity contribution in [3.05, 3.63) is 40.7 Å². The van der Waals surface area contributed by atoms with Gasteiger partial charge in [0, 0.05) is 24.2 Å². The van der Waals surface area contributed by atoms with E-state index >= 15 is 0 Å². The van der Waals surface area contributed by atoms with Crippen molar-refractivity contribution in [2.24, 2.45) is 0 Å². The van der Waals surface area contributed by atoms with Gasteiger partial charge in [-0.1, -0.05) is 46.3 Å². The minimum atomic E-state index is 0.465. The first kappa shape index (κ1) is 21.7. The van der Waals surface area contributed by atoms with E-state index in [4.69, 9.17) is 26.3 Å². The van der Waals surface area contributed by atoms with Crippen molar-refractivity contribution < 1.29 is 4.74 Å². The number of nitrogens with zero attached hydrogens (tertiary/aromatic N) is 5. The number of aryl methyl sites for hydroxylation is 1. The number of hydrogen-bond donors (Lipinski definition) is 2. The Morgan fingerprint density at radius 3 is 2.48 bits per heavy atom. The Morgan fingerprint density at radius 2 is 1.83 bits per heavy atom. The fourth-order valence-electron chi connectivity index (χ4n) is 2.98. The number of H-pyrrole nitrogens is 1. The molecule has 0 amide bonds. The number of anilines is 3. The Balaban J connectivity index is 0.00000117. The number of aromatic nitrogens is 5. The Labute approximate surface area is 188 Å². The van der Waals surface area contributed by atoms with Gasteiger partial charge in [-0.15, -0.1) is 5.10 Å². The molecule has 1 aliphatic rings. The molecule has 1 aromatic carbocycles. The highest BCUT2D eigenvalue weighted by molar-refractivity contribution is 14.1. The van der Waals surface area contributed by atoms with Crippen molar-refractivity contribution in [3.8, 4) is 11.4 Å². The van der Waals surface area contributed by atoms with Crippen LogP contribution in [0.3, 0.4) is 0 Å². The molecular formula is C19H23ClIN7O. The maximum absolute atomic E-state index is 6.39. The van der Waals surface area contributed by atoms with E-state index in [9.17, 15) is 0 Å². The number of alkyl halides is 1. The maximum Gasteiger partial charge on any atom is 0.247 e. The molecule has 2 N–H and O–H groups in total. The third kappa shape index (κ3) is 5.14. The van der Waals surface area contributed by atoms with Crippen LogP contribution in [0.2, 0.25) is 5.02 Å². The van der Waals surface area contributed by atoms with Crippen LogP contribution >= 0.6 is 34.2 Å². The average molecular weight is 528 g/mol. The van der Waals surface area contributed by atoms with Gasteiger partial charge in [0.2, 0.25) is 5.95 Å². The predicted molar refractivity (Wildman–Crippen MR) is 125 cm³/mol. The van der Waals surface area contributed by atoms with Crippen LogP contribution in [0.1, 0.15) is 11.4 Å². The van der Waals surface area contributed by atoms with Gasteiger partial charge in [-0.05, 0) is 30.9 Å². The molecule has 1 saturated heterocycles. The molecule has 10 heteroatoms. The van der Waals surface area contributed by atoms with Crippen LogP contribution in [-0.4, -0.2) is 56.4 Å². The Kier molecular flexibility index (Phi) is 7.62. The molecule has 0 bridgehead atoms. The van der Waals surface area contributed by atoms with Gasteiger partial charge in [0.25, 0.3) is 0 Å². The molecule has 0 unspecified atom stereocenters. The largest absolute Gasteiger partial charge is 0.378 e. The van der Waals surface area contributed by atoms with Gasteiger partial charge in [-0.25, -0.2) is 9.97 Å². The predicted octanol–water partition coefficient (Wildman–Crippen LogP) is 4.16. The Morgan fingerprint density at radius 1 is 1.10 bits per heavy atom. The van der Waals surface area contributed by atoms with Crippen molar-refractivity contribution in [1.29, 1.82) is 0 Å².